The fourth-order valence-corrected chi connectivity index (χ4v) is 6.37. The van der Waals surface area contributed by atoms with E-state index >= 15 is 0 Å². The highest BCUT2D eigenvalue weighted by Crippen LogP contribution is 2.52. The first-order valence-electron chi connectivity index (χ1n) is 13.0. The lowest BCUT2D eigenvalue weighted by Crippen LogP contribution is -2.54. The molecular weight excluding hydrogens is 504 g/mol. The first kappa shape index (κ1) is 26.4. The van der Waals surface area contributed by atoms with Gasteiger partial charge in [-0.3, -0.25) is 14.3 Å². The molecule has 2 saturated heterocycles. The van der Waals surface area contributed by atoms with E-state index in [-0.39, 0.29) is 24.2 Å². The number of carboxylic acids is 1. The van der Waals surface area contributed by atoms with Gasteiger partial charge in [0.1, 0.15) is 6.10 Å². The first-order valence-corrected chi connectivity index (χ1v) is 13.4. The molecular formula is C30H33ClN2O5. The topological polar surface area (TPSA) is 90.6 Å². The third-order valence-corrected chi connectivity index (χ3v) is 8.74. The Morgan fingerprint density at radius 2 is 1.89 bits per heavy atom. The highest BCUT2D eigenvalue weighted by molar-refractivity contribution is 6.31. The Kier molecular flexibility index (Phi) is 7.09. The molecule has 38 heavy (non-hydrogen) atoms. The summed E-state index contributed by atoms with van der Waals surface area (Å²) < 4.78 is 13.6. The molecule has 0 spiro atoms. The summed E-state index contributed by atoms with van der Waals surface area (Å²) in [7, 11) is 1.83. The van der Waals surface area contributed by atoms with Crippen LogP contribution >= 0.6 is 11.6 Å². The van der Waals surface area contributed by atoms with Gasteiger partial charge in [0, 0.05) is 28.6 Å². The average Bonchev–Trinajstić information content (AvgIpc) is 3.24. The van der Waals surface area contributed by atoms with Gasteiger partial charge in [-0.1, -0.05) is 48.0 Å². The van der Waals surface area contributed by atoms with Gasteiger partial charge >= 0.3 is 11.9 Å². The lowest BCUT2D eigenvalue weighted by Gasteiger charge is -2.53. The van der Waals surface area contributed by atoms with Crippen molar-refractivity contribution in [2.45, 2.75) is 69.5 Å². The lowest BCUT2D eigenvalue weighted by molar-refractivity contribution is -0.175. The number of ether oxygens (including phenoxy) is 2. The number of halogens is 1. The van der Waals surface area contributed by atoms with E-state index in [1.807, 2.05) is 32.2 Å². The molecule has 3 fully saturated rings. The van der Waals surface area contributed by atoms with E-state index in [4.69, 9.17) is 21.1 Å². The van der Waals surface area contributed by atoms with Crippen LogP contribution in [0.5, 0.6) is 0 Å². The lowest BCUT2D eigenvalue weighted by atomic mass is 9.62. The van der Waals surface area contributed by atoms with E-state index < -0.39 is 17.7 Å². The second kappa shape index (κ2) is 10.2. The van der Waals surface area contributed by atoms with Gasteiger partial charge in [-0.2, -0.15) is 5.10 Å². The van der Waals surface area contributed by atoms with Crippen molar-refractivity contribution in [2.24, 2.45) is 7.05 Å². The SMILES string of the molecule is Cc1cc(C23CCC(CC(=O)O)(CC2)OC3)ccc1-c1cnn(C)c1CC(=O)O[C@H](C)c1ccccc1Cl. The summed E-state index contributed by atoms with van der Waals surface area (Å²) in [6.45, 7) is 4.44. The maximum Gasteiger partial charge on any atom is 0.312 e. The predicted molar refractivity (Wildman–Crippen MR) is 144 cm³/mol. The van der Waals surface area contributed by atoms with Crippen LogP contribution in [0, 0.1) is 6.92 Å². The summed E-state index contributed by atoms with van der Waals surface area (Å²) in [5.41, 5.74) is 5.21. The summed E-state index contributed by atoms with van der Waals surface area (Å²) in [5.74, 6) is -1.14. The number of carbonyl (C=O) groups is 2. The molecule has 3 heterocycles. The Hall–Kier alpha value is -3.16. The largest absolute Gasteiger partial charge is 0.481 e. The van der Waals surface area contributed by atoms with Crippen molar-refractivity contribution in [3.8, 4) is 11.1 Å². The van der Waals surface area contributed by atoms with Crippen LogP contribution in [0.3, 0.4) is 0 Å². The number of aliphatic carboxylic acids is 1. The minimum absolute atomic E-state index is 0.0738. The van der Waals surface area contributed by atoms with Crippen molar-refractivity contribution in [3.05, 3.63) is 76.1 Å². The number of hydrogen-bond donors (Lipinski definition) is 1. The number of hydrogen-bond acceptors (Lipinski definition) is 5. The molecule has 3 aromatic rings. The molecule has 7 nitrogen and oxygen atoms in total. The monoisotopic (exact) mass is 536 g/mol. The van der Waals surface area contributed by atoms with E-state index in [2.05, 4.69) is 30.2 Å². The Morgan fingerprint density at radius 3 is 2.53 bits per heavy atom. The van der Waals surface area contributed by atoms with Crippen LogP contribution < -0.4 is 0 Å². The normalized spacial score (nSPS) is 23.3. The summed E-state index contributed by atoms with van der Waals surface area (Å²) in [4.78, 5) is 24.2. The van der Waals surface area contributed by atoms with E-state index in [0.717, 1.165) is 53.6 Å². The number of esters is 1. The van der Waals surface area contributed by atoms with E-state index in [1.165, 1.54) is 5.56 Å². The van der Waals surface area contributed by atoms with Crippen molar-refractivity contribution in [1.29, 1.82) is 0 Å². The minimum Gasteiger partial charge on any atom is -0.481 e. The zero-order valence-electron chi connectivity index (χ0n) is 22.0. The number of nitrogens with zero attached hydrogens (tertiary/aromatic N) is 2. The van der Waals surface area contributed by atoms with Gasteiger partial charge in [0.25, 0.3) is 0 Å². The van der Waals surface area contributed by atoms with Crippen LogP contribution in [0.25, 0.3) is 11.1 Å². The number of benzene rings is 2. The fourth-order valence-electron chi connectivity index (χ4n) is 6.08. The Morgan fingerprint density at radius 1 is 1.16 bits per heavy atom. The average molecular weight is 537 g/mol. The molecule has 2 aromatic carbocycles. The second-order valence-electron chi connectivity index (χ2n) is 10.8. The molecule has 1 N–H and O–H groups in total. The molecule has 8 heteroatoms. The van der Waals surface area contributed by atoms with Crippen molar-refractivity contribution in [1.82, 2.24) is 9.78 Å². The highest BCUT2D eigenvalue weighted by Gasteiger charge is 2.51. The molecule has 200 valence electrons. The van der Waals surface area contributed by atoms with Crippen LogP contribution in [0.15, 0.2) is 48.7 Å². The van der Waals surface area contributed by atoms with Gasteiger partial charge in [0.05, 0.1) is 36.9 Å². The van der Waals surface area contributed by atoms with Crippen LogP contribution in [0.4, 0.5) is 0 Å². The Labute approximate surface area is 227 Å². The first-order chi connectivity index (χ1) is 18.1. The van der Waals surface area contributed by atoms with Crippen LogP contribution in [0.2, 0.25) is 5.02 Å². The van der Waals surface area contributed by atoms with Crippen LogP contribution in [-0.2, 0) is 37.9 Å². The summed E-state index contributed by atoms with van der Waals surface area (Å²) in [5, 5.41) is 14.3. The van der Waals surface area contributed by atoms with E-state index in [9.17, 15) is 14.7 Å². The molecule has 0 amide bonds. The molecule has 1 aliphatic carbocycles. The summed E-state index contributed by atoms with van der Waals surface area (Å²) in [6.07, 6.45) is 4.87. The van der Waals surface area contributed by atoms with Crippen molar-refractivity contribution in [3.63, 3.8) is 0 Å². The molecule has 1 atom stereocenters. The highest BCUT2D eigenvalue weighted by atomic mass is 35.5. The quantitative estimate of drug-likeness (QED) is 0.358. The number of aryl methyl sites for hydroxylation is 2. The van der Waals surface area contributed by atoms with Crippen molar-refractivity contribution in [2.75, 3.05) is 6.61 Å². The number of fused-ring (bicyclic) bond motifs is 3. The standard InChI is InChI=1S/C30H33ClN2O5/c1-19-14-21(29-10-12-30(13-11-29,37-18-29)16-27(34)35)8-9-22(19)24-17-32-33(3)26(24)15-28(36)38-20(2)23-6-4-5-7-25(23)31/h4-9,14,17,20H,10-13,15-16,18H2,1-3H3,(H,34,35)/t20-,29?,30?/m1/s1. The zero-order valence-corrected chi connectivity index (χ0v) is 22.8. The van der Waals surface area contributed by atoms with Crippen LogP contribution in [0.1, 0.15) is 67.5 Å². The minimum atomic E-state index is -0.797. The van der Waals surface area contributed by atoms with Gasteiger partial charge in [-0.15, -0.1) is 0 Å². The number of carbonyl (C=O) groups excluding carboxylic acids is 1. The van der Waals surface area contributed by atoms with Gasteiger partial charge in [0.2, 0.25) is 0 Å². The third kappa shape index (κ3) is 4.97. The molecule has 0 radical (unpaired) electrons. The molecule has 2 aliphatic heterocycles. The second-order valence-corrected chi connectivity index (χ2v) is 11.2. The van der Waals surface area contributed by atoms with Gasteiger partial charge in [-0.25, -0.2) is 0 Å². The molecule has 6 rings (SSSR count). The summed E-state index contributed by atoms with van der Waals surface area (Å²) >= 11 is 6.27. The molecule has 1 aromatic heterocycles. The van der Waals surface area contributed by atoms with Gasteiger partial charge in [-0.05, 0) is 62.3 Å². The fraction of sp³-hybridized carbons (Fsp3) is 0.433. The van der Waals surface area contributed by atoms with Crippen LogP contribution in [-0.4, -0.2) is 39.0 Å². The third-order valence-electron chi connectivity index (χ3n) is 8.40. The molecule has 1 saturated carbocycles. The number of rotatable bonds is 8. The maximum atomic E-state index is 12.9. The number of carboxylic acid groups (broad SMARTS) is 1. The van der Waals surface area contributed by atoms with Crippen molar-refractivity contribution >= 4 is 23.5 Å². The Balaban J connectivity index is 1.33. The van der Waals surface area contributed by atoms with Crippen molar-refractivity contribution < 1.29 is 24.2 Å². The van der Waals surface area contributed by atoms with Gasteiger partial charge < -0.3 is 14.6 Å². The smallest absolute Gasteiger partial charge is 0.312 e. The van der Waals surface area contributed by atoms with E-state index in [1.54, 1.807) is 16.9 Å². The molecule has 0 unspecified atom stereocenters. The number of aromatic nitrogens is 2. The zero-order chi connectivity index (χ0) is 27.1. The maximum absolute atomic E-state index is 12.9. The predicted octanol–water partition coefficient (Wildman–Crippen LogP) is 5.95. The Bertz CT molecular complexity index is 1360. The van der Waals surface area contributed by atoms with E-state index in [0.29, 0.717) is 11.6 Å². The molecule has 3 aliphatic rings. The van der Waals surface area contributed by atoms with Gasteiger partial charge in [0.15, 0.2) is 0 Å². The summed E-state index contributed by atoms with van der Waals surface area (Å²) in [6, 6.07) is 13.8. The molecule has 2 bridgehead atoms.